The van der Waals surface area contributed by atoms with Gasteiger partial charge in [-0.15, -0.1) is 0 Å². The molecular formula is C18H16F2N2O2. The van der Waals surface area contributed by atoms with Crippen LogP contribution in [0.3, 0.4) is 0 Å². The fourth-order valence-electron chi connectivity index (χ4n) is 2.85. The number of carbonyl (C=O) groups excluding carboxylic acids is 2. The lowest BCUT2D eigenvalue weighted by atomic mass is 10.1. The topological polar surface area (TPSA) is 49.4 Å². The largest absolute Gasteiger partial charge is 0.327 e. The van der Waals surface area contributed by atoms with E-state index >= 15 is 0 Å². The fourth-order valence-corrected chi connectivity index (χ4v) is 2.85. The van der Waals surface area contributed by atoms with E-state index in [0.29, 0.717) is 19.4 Å². The first kappa shape index (κ1) is 16.1. The maximum absolute atomic E-state index is 13.7. The van der Waals surface area contributed by atoms with Gasteiger partial charge in [0.25, 0.3) is 5.91 Å². The number of carbonyl (C=O) groups is 2. The summed E-state index contributed by atoms with van der Waals surface area (Å²) in [5, 5.41) is 2.52. The molecule has 3 rings (SSSR count). The number of rotatable bonds is 3. The Bertz CT molecular complexity index is 779. The minimum atomic E-state index is -0.694. The Hall–Kier alpha value is -2.76. The zero-order valence-corrected chi connectivity index (χ0v) is 12.8. The van der Waals surface area contributed by atoms with Crippen molar-refractivity contribution in [3.63, 3.8) is 0 Å². The quantitative estimate of drug-likeness (QED) is 0.939. The van der Waals surface area contributed by atoms with Crippen LogP contribution in [0.1, 0.15) is 23.2 Å². The minimum Gasteiger partial charge on any atom is -0.327 e. The van der Waals surface area contributed by atoms with E-state index in [1.54, 1.807) is 6.07 Å². The molecule has 4 nitrogen and oxygen atoms in total. The van der Waals surface area contributed by atoms with Gasteiger partial charge in [0.15, 0.2) is 0 Å². The number of amides is 2. The van der Waals surface area contributed by atoms with Crippen LogP contribution in [0.2, 0.25) is 0 Å². The number of hydrogen-bond donors (Lipinski definition) is 1. The number of anilines is 1. The van der Waals surface area contributed by atoms with Gasteiger partial charge in [-0.2, -0.15) is 0 Å². The second-order valence-electron chi connectivity index (χ2n) is 5.64. The minimum absolute atomic E-state index is 0.0764. The maximum Gasteiger partial charge on any atom is 0.254 e. The van der Waals surface area contributed by atoms with Crippen LogP contribution in [0.25, 0.3) is 0 Å². The number of halogens is 2. The Morgan fingerprint density at radius 3 is 2.62 bits per heavy atom. The Balaban J connectivity index is 1.76. The van der Waals surface area contributed by atoms with Gasteiger partial charge < -0.3 is 10.2 Å². The fraction of sp³-hybridized carbons (Fsp3) is 0.222. The molecule has 2 aromatic rings. The van der Waals surface area contributed by atoms with E-state index in [2.05, 4.69) is 5.32 Å². The van der Waals surface area contributed by atoms with Crippen molar-refractivity contribution in [2.45, 2.75) is 18.9 Å². The summed E-state index contributed by atoms with van der Waals surface area (Å²) in [4.78, 5) is 26.4. The summed E-state index contributed by atoms with van der Waals surface area (Å²) >= 11 is 0. The number of nitrogens with zero attached hydrogens (tertiary/aromatic N) is 1. The van der Waals surface area contributed by atoms with Crippen LogP contribution in [-0.4, -0.2) is 29.3 Å². The van der Waals surface area contributed by atoms with Crippen LogP contribution in [0.5, 0.6) is 0 Å². The summed E-state index contributed by atoms with van der Waals surface area (Å²) in [5.74, 6) is -1.89. The average molecular weight is 330 g/mol. The SMILES string of the molecule is O=C(Nc1ccccc1F)[C@@H]1CCCN1C(=O)c1cccc(F)c1. The third kappa shape index (κ3) is 3.27. The molecule has 1 atom stereocenters. The monoisotopic (exact) mass is 330 g/mol. The molecule has 0 aromatic heterocycles. The smallest absolute Gasteiger partial charge is 0.254 e. The highest BCUT2D eigenvalue weighted by Crippen LogP contribution is 2.22. The third-order valence-electron chi connectivity index (χ3n) is 4.02. The number of benzene rings is 2. The molecule has 1 aliphatic heterocycles. The van der Waals surface area contributed by atoms with Gasteiger partial charge in [-0.25, -0.2) is 8.78 Å². The zero-order chi connectivity index (χ0) is 17.1. The molecule has 0 radical (unpaired) electrons. The lowest BCUT2D eigenvalue weighted by Gasteiger charge is -2.24. The van der Waals surface area contributed by atoms with E-state index in [1.807, 2.05) is 0 Å². The van der Waals surface area contributed by atoms with Crippen LogP contribution in [0, 0.1) is 11.6 Å². The van der Waals surface area contributed by atoms with E-state index in [-0.39, 0.29) is 11.3 Å². The zero-order valence-electron chi connectivity index (χ0n) is 12.8. The summed E-state index contributed by atoms with van der Waals surface area (Å²) in [6.45, 7) is 0.407. The second-order valence-corrected chi connectivity index (χ2v) is 5.64. The normalized spacial score (nSPS) is 16.9. The number of hydrogen-bond acceptors (Lipinski definition) is 2. The first-order valence-corrected chi connectivity index (χ1v) is 7.68. The molecule has 1 fully saturated rings. The highest BCUT2D eigenvalue weighted by atomic mass is 19.1. The van der Waals surface area contributed by atoms with Gasteiger partial charge in [0, 0.05) is 12.1 Å². The Kier molecular flexibility index (Phi) is 4.55. The molecule has 124 valence electrons. The van der Waals surface area contributed by atoms with Crippen LogP contribution in [-0.2, 0) is 4.79 Å². The second kappa shape index (κ2) is 6.78. The number of para-hydroxylation sites is 1. The molecule has 2 amide bonds. The molecular weight excluding hydrogens is 314 g/mol. The van der Waals surface area contributed by atoms with Gasteiger partial charge in [0.1, 0.15) is 17.7 Å². The molecule has 0 aliphatic carbocycles. The Labute approximate surface area is 138 Å². The molecule has 1 aliphatic rings. The van der Waals surface area contributed by atoms with Gasteiger partial charge in [-0.1, -0.05) is 18.2 Å². The van der Waals surface area contributed by atoms with Gasteiger partial charge in [0.2, 0.25) is 5.91 Å². The van der Waals surface area contributed by atoms with Crippen molar-refractivity contribution in [2.75, 3.05) is 11.9 Å². The standard InChI is InChI=1S/C18H16F2N2O2/c19-13-6-3-5-12(11-13)18(24)22-10-4-9-16(22)17(23)21-15-8-2-1-7-14(15)20/h1-3,5-8,11,16H,4,9-10H2,(H,21,23)/t16-/m0/s1. The van der Waals surface area contributed by atoms with Crippen LogP contribution < -0.4 is 5.32 Å². The summed E-state index contributed by atoms with van der Waals surface area (Å²) in [6.07, 6.45) is 1.15. The number of nitrogens with one attached hydrogen (secondary N) is 1. The Morgan fingerprint density at radius 1 is 1.08 bits per heavy atom. The van der Waals surface area contributed by atoms with Crippen molar-refractivity contribution in [2.24, 2.45) is 0 Å². The van der Waals surface area contributed by atoms with Gasteiger partial charge in [0.05, 0.1) is 5.69 Å². The first-order chi connectivity index (χ1) is 11.6. The van der Waals surface area contributed by atoms with Gasteiger partial charge >= 0.3 is 0 Å². The molecule has 0 bridgehead atoms. The molecule has 1 N–H and O–H groups in total. The molecule has 0 spiro atoms. The highest BCUT2D eigenvalue weighted by Gasteiger charge is 2.34. The van der Waals surface area contributed by atoms with E-state index in [0.717, 1.165) is 6.07 Å². The molecule has 6 heteroatoms. The average Bonchev–Trinajstić information content (AvgIpc) is 3.06. The highest BCUT2D eigenvalue weighted by molar-refractivity contribution is 6.01. The van der Waals surface area contributed by atoms with E-state index in [1.165, 1.54) is 41.3 Å². The summed E-state index contributed by atoms with van der Waals surface area (Å²) in [5.41, 5.74) is 0.271. The predicted molar refractivity (Wildman–Crippen MR) is 85.5 cm³/mol. The van der Waals surface area contributed by atoms with E-state index in [4.69, 9.17) is 0 Å². The maximum atomic E-state index is 13.7. The Morgan fingerprint density at radius 2 is 1.88 bits per heavy atom. The van der Waals surface area contributed by atoms with Crippen molar-refractivity contribution in [3.05, 3.63) is 65.7 Å². The van der Waals surface area contributed by atoms with Crippen LogP contribution in [0.4, 0.5) is 14.5 Å². The lowest BCUT2D eigenvalue weighted by molar-refractivity contribution is -0.119. The molecule has 1 saturated heterocycles. The van der Waals surface area contributed by atoms with Crippen molar-refractivity contribution in [1.29, 1.82) is 0 Å². The number of likely N-dealkylation sites (tertiary alicyclic amines) is 1. The van der Waals surface area contributed by atoms with E-state index < -0.39 is 29.5 Å². The van der Waals surface area contributed by atoms with Crippen molar-refractivity contribution in [1.82, 2.24) is 4.90 Å². The van der Waals surface area contributed by atoms with Gasteiger partial charge in [-0.3, -0.25) is 9.59 Å². The van der Waals surface area contributed by atoms with E-state index in [9.17, 15) is 18.4 Å². The molecule has 24 heavy (non-hydrogen) atoms. The third-order valence-corrected chi connectivity index (χ3v) is 4.02. The molecule has 0 unspecified atom stereocenters. The summed E-state index contributed by atoms with van der Waals surface area (Å²) in [6, 6.07) is 10.5. The van der Waals surface area contributed by atoms with Gasteiger partial charge in [-0.05, 0) is 43.2 Å². The van der Waals surface area contributed by atoms with Crippen molar-refractivity contribution < 1.29 is 18.4 Å². The molecule has 2 aromatic carbocycles. The lowest BCUT2D eigenvalue weighted by Crippen LogP contribution is -2.43. The van der Waals surface area contributed by atoms with Crippen molar-refractivity contribution in [3.8, 4) is 0 Å². The summed E-state index contributed by atoms with van der Waals surface area (Å²) in [7, 11) is 0. The van der Waals surface area contributed by atoms with Crippen LogP contribution in [0.15, 0.2) is 48.5 Å². The van der Waals surface area contributed by atoms with Crippen molar-refractivity contribution >= 4 is 17.5 Å². The van der Waals surface area contributed by atoms with Crippen LogP contribution >= 0.6 is 0 Å². The molecule has 0 saturated carbocycles. The molecule has 1 heterocycles. The summed E-state index contributed by atoms with van der Waals surface area (Å²) < 4.78 is 27.0. The first-order valence-electron chi connectivity index (χ1n) is 7.68. The predicted octanol–water partition coefficient (Wildman–Crippen LogP) is 3.21.